The first-order chi connectivity index (χ1) is 12.5. The van der Waals surface area contributed by atoms with Gasteiger partial charge in [-0.2, -0.15) is 0 Å². The number of carboxylic acids is 1. The van der Waals surface area contributed by atoms with Crippen LogP contribution >= 0.6 is 11.3 Å². The van der Waals surface area contributed by atoms with Crippen molar-refractivity contribution in [3.05, 3.63) is 39.8 Å². The van der Waals surface area contributed by atoms with Crippen LogP contribution in [-0.4, -0.2) is 68.7 Å². The first-order valence-electron chi connectivity index (χ1n) is 8.03. The van der Waals surface area contributed by atoms with Crippen molar-refractivity contribution in [3.8, 4) is 5.13 Å². The Hall–Kier alpha value is -2.85. The van der Waals surface area contributed by atoms with E-state index in [1.807, 2.05) is 0 Å². The second-order valence-electron chi connectivity index (χ2n) is 6.05. The first kappa shape index (κ1) is 16.6. The number of fused-ring (bicyclic) bond motifs is 1. The smallest absolute Gasteiger partial charge is 0.341 e. The van der Waals surface area contributed by atoms with Crippen LogP contribution in [-0.2, 0) is 0 Å². The van der Waals surface area contributed by atoms with Gasteiger partial charge >= 0.3 is 5.97 Å². The molecule has 0 amide bonds. The van der Waals surface area contributed by atoms with E-state index in [4.69, 9.17) is 0 Å². The highest BCUT2D eigenvalue weighted by molar-refractivity contribution is 7.12. The topological polar surface area (TPSA) is 104 Å². The number of hydrogen-bond acceptors (Lipinski definition) is 8. The van der Waals surface area contributed by atoms with Crippen molar-refractivity contribution in [1.29, 1.82) is 0 Å². The van der Waals surface area contributed by atoms with Crippen molar-refractivity contribution in [3.63, 3.8) is 0 Å². The Labute approximate surface area is 152 Å². The summed E-state index contributed by atoms with van der Waals surface area (Å²) in [5.74, 6) is -0.634. The van der Waals surface area contributed by atoms with Crippen LogP contribution in [0.4, 0.5) is 5.82 Å². The second kappa shape index (κ2) is 6.46. The zero-order chi connectivity index (χ0) is 18.3. The molecule has 1 aliphatic rings. The van der Waals surface area contributed by atoms with E-state index in [2.05, 4.69) is 31.8 Å². The number of carboxylic acid groups (broad SMARTS) is 1. The Kier molecular flexibility index (Phi) is 4.13. The standard InChI is InChI=1S/C16H16N6O3S/c1-20-3-5-21(6-4-20)11-8-18-12-13(23)10(15(24)25)9-22(14(12)19-11)16-17-2-7-26-16/h2,7-9H,3-6H2,1H3,(H,24,25). The molecule has 26 heavy (non-hydrogen) atoms. The zero-order valence-corrected chi connectivity index (χ0v) is 14.8. The highest BCUT2D eigenvalue weighted by Crippen LogP contribution is 2.20. The molecule has 0 unspecified atom stereocenters. The molecule has 0 aliphatic carbocycles. The minimum atomic E-state index is -1.30. The predicted octanol–water partition coefficient (Wildman–Crippen LogP) is 0.687. The third-order valence-electron chi connectivity index (χ3n) is 4.37. The molecule has 0 aromatic carbocycles. The molecule has 0 spiro atoms. The maximum atomic E-state index is 12.5. The van der Waals surface area contributed by atoms with E-state index in [9.17, 15) is 14.7 Å². The van der Waals surface area contributed by atoms with E-state index in [1.165, 1.54) is 28.3 Å². The lowest BCUT2D eigenvalue weighted by atomic mass is 10.2. The molecule has 1 saturated heterocycles. The Bertz CT molecular complexity index is 1020. The summed E-state index contributed by atoms with van der Waals surface area (Å²) < 4.78 is 1.53. The number of aromatic carboxylic acids is 1. The molecule has 134 valence electrons. The molecular formula is C16H16N6O3S. The number of carbonyl (C=O) groups is 1. The van der Waals surface area contributed by atoms with Crippen LogP contribution in [0.25, 0.3) is 16.3 Å². The van der Waals surface area contributed by atoms with Crippen LogP contribution in [0.15, 0.2) is 28.8 Å². The van der Waals surface area contributed by atoms with Crippen LogP contribution in [0.3, 0.4) is 0 Å². The van der Waals surface area contributed by atoms with E-state index >= 15 is 0 Å². The SMILES string of the molecule is CN1CCN(c2cnc3c(=O)c(C(=O)O)cn(-c4nccs4)c3n2)CC1. The normalized spacial score (nSPS) is 15.5. The maximum Gasteiger partial charge on any atom is 0.341 e. The number of likely N-dealkylation sites (N-methyl/N-ethyl adjacent to an activating group) is 1. The third-order valence-corrected chi connectivity index (χ3v) is 5.14. The molecular weight excluding hydrogens is 356 g/mol. The zero-order valence-electron chi connectivity index (χ0n) is 14.0. The van der Waals surface area contributed by atoms with Crippen LogP contribution in [0.5, 0.6) is 0 Å². The fourth-order valence-electron chi connectivity index (χ4n) is 2.90. The number of rotatable bonds is 3. The number of piperazine rings is 1. The monoisotopic (exact) mass is 372 g/mol. The van der Waals surface area contributed by atoms with Crippen molar-refractivity contribution in [2.75, 3.05) is 38.1 Å². The maximum absolute atomic E-state index is 12.5. The van der Waals surface area contributed by atoms with E-state index < -0.39 is 11.4 Å². The van der Waals surface area contributed by atoms with Gasteiger partial charge < -0.3 is 14.9 Å². The Morgan fingerprint density at radius 2 is 2.00 bits per heavy atom. The van der Waals surface area contributed by atoms with Crippen LogP contribution in [0, 0.1) is 0 Å². The van der Waals surface area contributed by atoms with E-state index in [0.717, 1.165) is 26.2 Å². The molecule has 1 aliphatic heterocycles. The minimum Gasteiger partial charge on any atom is -0.477 e. The molecule has 0 bridgehead atoms. The number of anilines is 1. The highest BCUT2D eigenvalue weighted by atomic mass is 32.1. The second-order valence-corrected chi connectivity index (χ2v) is 6.93. The molecule has 0 radical (unpaired) electrons. The molecule has 3 aromatic heterocycles. The summed E-state index contributed by atoms with van der Waals surface area (Å²) >= 11 is 1.33. The largest absolute Gasteiger partial charge is 0.477 e. The van der Waals surface area contributed by atoms with Crippen LogP contribution in [0.1, 0.15) is 10.4 Å². The Morgan fingerprint density at radius 1 is 1.23 bits per heavy atom. The molecule has 1 N–H and O–H groups in total. The summed E-state index contributed by atoms with van der Waals surface area (Å²) in [5, 5.41) is 11.6. The molecule has 0 saturated carbocycles. The van der Waals surface area contributed by atoms with Gasteiger partial charge in [0.2, 0.25) is 5.43 Å². The summed E-state index contributed by atoms with van der Waals surface area (Å²) in [7, 11) is 2.07. The van der Waals surface area contributed by atoms with Gasteiger partial charge in [0.15, 0.2) is 16.3 Å². The van der Waals surface area contributed by atoms with Gasteiger partial charge in [0.05, 0.1) is 6.20 Å². The molecule has 4 heterocycles. The van der Waals surface area contributed by atoms with E-state index in [-0.39, 0.29) is 11.1 Å². The van der Waals surface area contributed by atoms with Crippen molar-refractivity contribution < 1.29 is 9.90 Å². The van der Waals surface area contributed by atoms with Gasteiger partial charge in [0.25, 0.3) is 0 Å². The fourth-order valence-corrected chi connectivity index (χ4v) is 3.51. The molecule has 9 nitrogen and oxygen atoms in total. The number of thiazole rings is 1. The molecule has 1 fully saturated rings. The average Bonchev–Trinajstić information content (AvgIpc) is 3.16. The summed E-state index contributed by atoms with van der Waals surface area (Å²) in [6.45, 7) is 3.45. The highest BCUT2D eigenvalue weighted by Gasteiger charge is 2.21. The summed E-state index contributed by atoms with van der Waals surface area (Å²) in [6.07, 6.45) is 4.42. The summed E-state index contributed by atoms with van der Waals surface area (Å²) in [5.41, 5.74) is -0.656. The lowest BCUT2D eigenvalue weighted by molar-refractivity contribution is 0.0695. The average molecular weight is 372 g/mol. The first-order valence-corrected chi connectivity index (χ1v) is 8.91. The quantitative estimate of drug-likeness (QED) is 0.716. The summed E-state index contributed by atoms with van der Waals surface area (Å²) in [6, 6.07) is 0. The van der Waals surface area contributed by atoms with E-state index in [1.54, 1.807) is 11.6 Å². The third kappa shape index (κ3) is 2.82. The summed E-state index contributed by atoms with van der Waals surface area (Å²) in [4.78, 5) is 41.4. The molecule has 0 atom stereocenters. The predicted molar refractivity (Wildman–Crippen MR) is 97.5 cm³/mol. The van der Waals surface area contributed by atoms with Gasteiger partial charge in [-0.15, -0.1) is 11.3 Å². The van der Waals surface area contributed by atoms with Crippen molar-refractivity contribution in [2.24, 2.45) is 0 Å². The van der Waals surface area contributed by atoms with Gasteiger partial charge in [0.1, 0.15) is 11.4 Å². The van der Waals surface area contributed by atoms with Gasteiger partial charge in [-0.1, -0.05) is 0 Å². The minimum absolute atomic E-state index is 0.0259. The molecule has 3 aromatic rings. The van der Waals surface area contributed by atoms with Gasteiger partial charge in [-0.05, 0) is 7.05 Å². The molecule has 4 rings (SSSR count). The number of aromatic nitrogens is 4. The number of nitrogens with zero attached hydrogens (tertiary/aromatic N) is 6. The van der Waals surface area contributed by atoms with Gasteiger partial charge in [-0.3, -0.25) is 9.36 Å². The van der Waals surface area contributed by atoms with Crippen LogP contribution in [0.2, 0.25) is 0 Å². The van der Waals surface area contributed by atoms with Crippen molar-refractivity contribution in [2.45, 2.75) is 0 Å². The number of hydrogen-bond donors (Lipinski definition) is 1. The van der Waals surface area contributed by atoms with E-state index in [0.29, 0.717) is 16.6 Å². The van der Waals surface area contributed by atoms with Crippen LogP contribution < -0.4 is 10.3 Å². The van der Waals surface area contributed by atoms with Gasteiger partial charge in [0, 0.05) is 44.0 Å². The Balaban J connectivity index is 1.91. The fraction of sp³-hybridized carbons (Fsp3) is 0.312. The number of pyridine rings is 1. The van der Waals surface area contributed by atoms with Crippen molar-refractivity contribution >= 4 is 34.3 Å². The lowest BCUT2D eigenvalue weighted by Crippen LogP contribution is -2.44. The van der Waals surface area contributed by atoms with Crippen molar-refractivity contribution in [1.82, 2.24) is 24.4 Å². The Morgan fingerprint density at radius 3 is 2.65 bits per heavy atom. The lowest BCUT2D eigenvalue weighted by Gasteiger charge is -2.33. The molecule has 10 heteroatoms. The van der Waals surface area contributed by atoms with Gasteiger partial charge in [-0.25, -0.2) is 19.7 Å².